The SMILES string of the molecule is CN(CC(=O)c1ccccc1F)Cc1ccco1. The molecule has 1 aromatic heterocycles. The van der Waals surface area contributed by atoms with Gasteiger partial charge in [0.25, 0.3) is 0 Å². The third-order valence-electron chi connectivity index (χ3n) is 2.59. The number of likely N-dealkylation sites (N-methyl/N-ethyl adjacent to an activating group) is 1. The van der Waals surface area contributed by atoms with Crippen LogP contribution in [0.25, 0.3) is 0 Å². The normalized spacial score (nSPS) is 10.8. The van der Waals surface area contributed by atoms with Crippen molar-refractivity contribution < 1.29 is 13.6 Å². The summed E-state index contributed by atoms with van der Waals surface area (Å²) in [5, 5.41) is 0. The summed E-state index contributed by atoms with van der Waals surface area (Å²) < 4.78 is 18.6. The maximum absolute atomic E-state index is 13.4. The minimum Gasteiger partial charge on any atom is -0.468 e. The maximum atomic E-state index is 13.4. The largest absolute Gasteiger partial charge is 0.468 e. The van der Waals surface area contributed by atoms with Crippen molar-refractivity contribution in [2.45, 2.75) is 6.54 Å². The number of nitrogens with zero attached hydrogens (tertiary/aromatic N) is 1. The molecule has 0 fully saturated rings. The number of furan rings is 1. The minimum atomic E-state index is -0.478. The fourth-order valence-corrected chi connectivity index (χ4v) is 1.74. The van der Waals surface area contributed by atoms with Crippen LogP contribution < -0.4 is 0 Å². The van der Waals surface area contributed by atoms with Gasteiger partial charge < -0.3 is 4.42 Å². The molecule has 0 aliphatic rings. The Hall–Kier alpha value is -1.94. The summed E-state index contributed by atoms with van der Waals surface area (Å²) in [7, 11) is 1.79. The number of rotatable bonds is 5. The second-order valence-corrected chi connectivity index (χ2v) is 4.15. The molecular weight excluding hydrogens is 233 g/mol. The maximum Gasteiger partial charge on any atom is 0.179 e. The Bertz CT molecular complexity index is 522. The Morgan fingerprint density at radius 3 is 2.72 bits per heavy atom. The van der Waals surface area contributed by atoms with Crippen molar-refractivity contribution in [1.82, 2.24) is 4.90 Å². The zero-order valence-corrected chi connectivity index (χ0v) is 10.1. The van der Waals surface area contributed by atoms with Crippen LogP contribution in [0.1, 0.15) is 16.1 Å². The molecule has 18 heavy (non-hydrogen) atoms. The second kappa shape index (κ2) is 5.60. The van der Waals surface area contributed by atoms with Crippen molar-refractivity contribution in [3.05, 3.63) is 59.8 Å². The molecule has 0 unspecified atom stereocenters. The number of carbonyl (C=O) groups excluding carboxylic acids is 1. The summed E-state index contributed by atoms with van der Waals surface area (Å²) in [5.74, 6) is 0.0647. The smallest absolute Gasteiger partial charge is 0.179 e. The molecule has 2 rings (SSSR count). The molecule has 0 bridgehead atoms. The van der Waals surface area contributed by atoms with Gasteiger partial charge in [-0.3, -0.25) is 9.69 Å². The Morgan fingerprint density at radius 2 is 2.06 bits per heavy atom. The van der Waals surface area contributed by atoms with Gasteiger partial charge in [0.1, 0.15) is 11.6 Å². The van der Waals surface area contributed by atoms with E-state index in [0.717, 1.165) is 5.76 Å². The van der Waals surface area contributed by atoms with Gasteiger partial charge in [0.2, 0.25) is 0 Å². The highest BCUT2D eigenvalue weighted by molar-refractivity contribution is 5.97. The molecule has 0 saturated carbocycles. The van der Waals surface area contributed by atoms with Crippen LogP contribution in [-0.4, -0.2) is 24.3 Å². The molecule has 94 valence electrons. The predicted molar refractivity (Wildman–Crippen MR) is 65.8 cm³/mol. The quantitative estimate of drug-likeness (QED) is 0.762. The lowest BCUT2D eigenvalue weighted by Gasteiger charge is -2.14. The fraction of sp³-hybridized carbons (Fsp3) is 0.214. The van der Waals surface area contributed by atoms with Crippen molar-refractivity contribution in [3.8, 4) is 0 Å². The van der Waals surface area contributed by atoms with Crippen LogP contribution in [0.5, 0.6) is 0 Å². The molecule has 1 heterocycles. The fourth-order valence-electron chi connectivity index (χ4n) is 1.74. The van der Waals surface area contributed by atoms with E-state index in [4.69, 9.17) is 4.42 Å². The number of hydrogen-bond donors (Lipinski definition) is 0. The van der Waals surface area contributed by atoms with E-state index in [-0.39, 0.29) is 17.9 Å². The molecule has 0 radical (unpaired) electrons. The van der Waals surface area contributed by atoms with Crippen LogP contribution in [0, 0.1) is 5.82 Å². The van der Waals surface area contributed by atoms with Crippen LogP contribution >= 0.6 is 0 Å². The second-order valence-electron chi connectivity index (χ2n) is 4.15. The molecular formula is C14H14FNO2. The van der Waals surface area contributed by atoms with E-state index in [1.807, 2.05) is 6.07 Å². The zero-order chi connectivity index (χ0) is 13.0. The summed E-state index contributed by atoms with van der Waals surface area (Å²) in [6.07, 6.45) is 1.59. The van der Waals surface area contributed by atoms with E-state index < -0.39 is 5.82 Å². The van der Waals surface area contributed by atoms with Crippen molar-refractivity contribution in [3.63, 3.8) is 0 Å². The number of ketones is 1. The van der Waals surface area contributed by atoms with E-state index in [9.17, 15) is 9.18 Å². The molecule has 0 aliphatic carbocycles. The third-order valence-corrected chi connectivity index (χ3v) is 2.59. The van der Waals surface area contributed by atoms with Gasteiger partial charge in [-0.25, -0.2) is 4.39 Å². The minimum absolute atomic E-state index is 0.129. The first kappa shape index (κ1) is 12.5. The summed E-state index contributed by atoms with van der Waals surface area (Å²) in [4.78, 5) is 13.7. The average molecular weight is 247 g/mol. The predicted octanol–water partition coefficient (Wildman–Crippen LogP) is 2.73. The number of hydrogen-bond acceptors (Lipinski definition) is 3. The molecule has 0 spiro atoms. The van der Waals surface area contributed by atoms with E-state index in [2.05, 4.69) is 0 Å². The van der Waals surface area contributed by atoms with Gasteiger partial charge in [-0.15, -0.1) is 0 Å². The van der Waals surface area contributed by atoms with Crippen LogP contribution in [0.3, 0.4) is 0 Å². The molecule has 0 saturated heterocycles. The standard InChI is InChI=1S/C14H14FNO2/c1-16(9-11-5-4-8-18-11)10-14(17)12-6-2-3-7-13(12)15/h2-8H,9-10H2,1H3. The molecule has 2 aromatic rings. The van der Waals surface area contributed by atoms with Gasteiger partial charge in [-0.2, -0.15) is 0 Å². The van der Waals surface area contributed by atoms with Gasteiger partial charge in [0.05, 0.1) is 24.9 Å². The molecule has 4 heteroatoms. The highest BCUT2D eigenvalue weighted by atomic mass is 19.1. The summed E-state index contributed by atoms with van der Waals surface area (Å²) in [6.45, 7) is 0.675. The van der Waals surface area contributed by atoms with Crippen molar-refractivity contribution in [2.24, 2.45) is 0 Å². The number of Topliss-reactive ketones (excluding diaryl/α,β-unsaturated/α-hetero) is 1. The summed E-state index contributed by atoms with van der Waals surface area (Å²) in [5.41, 5.74) is 0.129. The van der Waals surface area contributed by atoms with Crippen LogP contribution in [0.15, 0.2) is 47.1 Å². The van der Waals surface area contributed by atoms with Gasteiger partial charge in [0, 0.05) is 0 Å². The lowest BCUT2D eigenvalue weighted by atomic mass is 10.1. The Morgan fingerprint density at radius 1 is 1.28 bits per heavy atom. The van der Waals surface area contributed by atoms with Crippen molar-refractivity contribution in [2.75, 3.05) is 13.6 Å². The topological polar surface area (TPSA) is 33.5 Å². The van der Waals surface area contributed by atoms with Gasteiger partial charge in [0.15, 0.2) is 5.78 Å². The first-order valence-electron chi connectivity index (χ1n) is 5.65. The zero-order valence-electron chi connectivity index (χ0n) is 10.1. The van der Waals surface area contributed by atoms with E-state index in [0.29, 0.717) is 6.54 Å². The van der Waals surface area contributed by atoms with Crippen molar-refractivity contribution in [1.29, 1.82) is 0 Å². The Balaban J connectivity index is 1.97. The third kappa shape index (κ3) is 3.05. The van der Waals surface area contributed by atoms with Gasteiger partial charge >= 0.3 is 0 Å². The number of carbonyl (C=O) groups is 1. The first-order chi connectivity index (χ1) is 8.66. The van der Waals surface area contributed by atoms with Crippen LogP contribution in [-0.2, 0) is 6.54 Å². The van der Waals surface area contributed by atoms with Crippen LogP contribution in [0.4, 0.5) is 4.39 Å². The number of halogens is 1. The first-order valence-corrected chi connectivity index (χ1v) is 5.65. The van der Waals surface area contributed by atoms with E-state index in [1.54, 1.807) is 36.4 Å². The highest BCUT2D eigenvalue weighted by Gasteiger charge is 2.13. The molecule has 3 nitrogen and oxygen atoms in total. The van der Waals surface area contributed by atoms with Gasteiger partial charge in [-0.05, 0) is 31.3 Å². The Labute approximate surface area is 105 Å². The van der Waals surface area contributed by atoms with E-state index >= 15 is 0 Å². The van der Waals surface area contributed by atoms with Crippen molar-refractivity contribution >= 4 is 5.78 Å². The average Bonchev–Trinajstić information content (AvgIpc) is 2.82. The Kier molecular flexibility index (Phi) is 3.89. The molecule has 0 aliphatic heterocycles. The molecule has 0 N–H and O–H groups in total. The molecule has 0 atom stereocenters. The summed E-state index contributed by atoms with van der Waals surface area (Å²) >= 11 is 0. The molecule has 0 amide bonds. The number of benzene rings is 1. The van der Waals surface area contributed by atoms with Crippen LogP contribution in [0.2, 0.25) is 0 Å². The molecule has 1 aromatic carbocycles. The lowest BCUT2D eigenvalue weighted by Crippen LogP contribution is -2.26. The lowest BCUT2D eigenvalue weighted by molar-refractivity contribution is 0.0935. The monoisotopic (exact) mass is 247 g/mol. The van der Waals surface area contributed by atoms with E-state index in [1.165, 1.54) is 12.1 Å². The van der Waals surface area contributed by atoms with Gasteiger partial charge in [-0.1, -0.05) is 12.1 Å². The summed E-state index contributed by atoms with van der Waals surface area (Å²) in [6, 6.07) is 9.64. The highest BCUT2D eigenvalue weighted by Crippen LogP contribution is 2.09.